The van der Waals surface area contributed by atoms with E-state index in [4.69, 9.17) is 4.74 Å². The minimum atomic E-state index is -0.307. The molecular formula is C13H16BrNO3. The van der Waals surface area contributed by atoms with Crippen molar-refractivity contribution >= 4 is 21.6 Å². The summed E-state index contributed by atoms with van der Waals surface area (Å²) in [6.45, 7) is 1.59. The van der Waals surface area contributed by atoms with Gasteiger partial charge in [0.2, 0.25) is 0 Å². The van der Waals surface area contributed by atoms with E-state index in [0.29, 0.717) is 12.3 Å². The third-order valence-corrected chi connectivity index (χ3v) is 4.45. The van der Waals surface area contributed by atoms with E-state index >= 15 is 0 Å². The Morgan fingerprint density at radius 3 is 2.72 bits per heavy atom. The fraction of sp³-hybridized carbons (Fsp3) is 0.538. The molecule has 1 aliphatic heterocycles. The highest BCUT2D eigenvalue weighted by Crippen LogP contribution is 2.29. The van der Waals surface area contributed by atoms with E-state index in [1.54, 1.807) is 12.1 Å². The van der Waals surface area contributed by atoms with Crippen molar-refractivity contribution in [3.63, 3.8) is 0 Å². The molecule has 0 amide bonds. The number of nitrogens with zero attached hydrogens (tertiary/aromatic N) is 1. The predicted molar refractivity (Wildman–Crippen MR) is 73.1 cm³/mol. The monoisotopic (exact) mass is 313 g/mol. The highest BCUT2D eigenvalue weighted by Gasteiger charge is 2.24. The Bertz CT molecular complexity index is 418. The van der Waals surface area contributed by atoms with E-state index in [0.717, 1.165) is 31.6 Å². The van der Waals surface area contributed by atoms with Gasteiger partial charge < -0.3 is 4.74 Å². The van der Waals surface area contributed by atoms with Crippen molar-refractivity contribution in [2.24, 2.45) is 5.92 Å². The molecule has 1 aliphatic rings. The van der Waals surface area contributed by atoms with E-state index in [2.05, 4.69) is 15.9 Å². The highest BCUT2D eigenvalue weighted by molar-refractivity contribution is 9.09. The van der Waals surface area contributed by atoms with Crippen LogP contribution in [0.15, 0.2) is 24.3 Å². The Kier molecular flexibility index (Phi) is 4.72. The largest absolute Gasteiger partial charge is 0.381 e. The fourth-order valence-electron chi connectivity index (χ4n) is 2.32. The lowest BCUT2D eigenvalue weighted by Gasteiger charge is -2.26. The van der Waals surface area contributed by atoms with Gasteiger partial charge in [-0.1, -0.05) is 34.1 Å². The van der Waals surface area contributed by atoms with E-state index in [1.165, 1.54) is 0 Å². The summed E-state index contributed by atoms with van der Waals surface area (Å²) in [7, 11) is 0. The smallest absolute Gasteiger partial charge is 0.272 e. The minimum Gasteiger partial charge on any atom is -0.381 e. The van der Waals surface area contributed by atoms with Gasteiger partial charge in [0.05, 0.1) is 4.92 Å². The number of hydrogen-bond acceptors (Lipinski definition) is 3. The average molecular weight is 314 g/mol. The summed E-state index contributed by atoms with van der Waals surface area (Å²) in [5.41, 5.74) is 1.02. The maximum absolute atomic E-state index is 10.9. The molecule has 1 fully saturated rings. The van der Waals surface area contributed by atoms with Gasteiger partial charge in [0.25, 0.3) is 5.69 Å². The summed E-state index contributed by atoms with van der Waals surface area (Å²) in [6.07, 6.45) is 2.74. The third kappa shape index (κ3) is 3.29. The number of nitro benzene ring substituents is 1. The molecule has 1 aromatic rings. The maximum Gasteiger partial charge on any atom is 0.272 e. The van der Waals surface area contributed by atoms with Gasteiger partial charge in [0, 0.05) is 29.7 Å². The first kappa shape index (κ1) is 13.5. The Hall–Kier alpha value is -0.940. The SMILES string of the molecule is O=[N+]([O-])c1ccccc1CC(Br)C1CCOCC1. The summed E-state index contributed by atoms with van der Waals surface area (Å²) in [5, 5.41) is 10.9. The van der Waals surface area contributed by atoms with Gasteiger partial charge >= 0.3 is 0 Å². The zero-order valence-electron chi connectivity index (χ0n) is 10.0. The van der Waals surface area contributed by atoms with Gasteiger partial charge in [0.15, 0.2) is 0 Å². The van der Waals surface area contributed by atoms with Crippen LogP contribution in [0.1, 0.15) is 18.4 Å². The Morgan fingerprint density at radius 1 is 1.39 bits per heavy atom. The second kappa shape index (κ2) is 6.29. The highest BCUT2D eigenvalue weighted by atomic mass is 79.9. The molecule has 0 spiro atoms. The van der Waals surface area contributed by atoms with Crippen LogP contribution < -0.4 is 0 Å². The molecule has 18 heavy (non-hydrogen) atoms. The lowest BCUT2D eigenvalue weighted by molar-refractivity contribution is -0.385. The van der Waals surface area contributed by atoms with Crippen LogP contribution in [-0.2, 0) is 11.2 Å². The van der Waals surface area contributed by atoms with Crippen LogP contribution in [0.4, 0.5) is 5.69 Å². The van der Waals surface area contributed by atoms with Crippen molar-refractivity contribution in [1.82, 2.24) is 0 Å². The van der Waals surface area contributed by atoms with Gasteiger partial charge in [0.1, 0.15) is 0 Å². The average Bonchev–Trinajstić information content (AvgIpc) is 2.40. The Morgan fingerprint density at radius 2 is 2.06 bits per heavy atom. The molecule has 0 bridgehead atoms. The summed E-state index contributed by atoms with van der Waals surface area (Å²) in [4.78, 5) is 10.9. The number of nitro groups is 1. The molecule has 1 saturated heterocycles. The molecule has 1 atom stereocenters. The second-order valence-corrected chi connectivity index (χ2v) is 5.73. The summed E-state index contributed by atoms with van der Waals surface area (Å²) in [6, 6.07) is 6.97. The first-order chi connectivity index (χ1) is 8.68. The number of rotatable bonds is 4. The fourth-order valence-corrected chi connectivity index (χ4v) is 3.19. The van der Waals surface area contributed by atoms with Gasteiger partial charge in [-0.05, 0) is 25.2 Å². The van der Waals surface area contributed by atoms with Crippen molar-refractivity contribution < 1.29 is 9.66 Å². The summed E-state index contributed by atoms with van der Waals surface area (Å²) in [5.74, 6) is 0.540. The molecule has 2 rings (SSSR count). The number of para-hydroxylation sites is 1. The van der Waals surface area contributed by atoms with Crippen LogP contribution >= 0.6 is 15.9 Å². The molecule has 0 aliphatic carbocycles. The molecule has 0 radical (unpaired) electrons. The quantitative estimate of drug-likeness (QED) is 0.487. The predicted octanol–water partition coefficient (Wildman–Crippen LogP) is 3.33. The van der Waals surface area contributed by atoms with Crippen LogP contribution in [0, 0.1) is 16.0 Å². The minimum absolute atomic E-state index is 0.217. The standard InChI is InChI=1S/C13H16BrNO3/c14-12(10-5-7-18-8-6-10)9-11-3-1-2-4-13(11)15(16)17/h1-4,10,12H,5-9H2. The van der Waals surface area contributed by atoms with Gasteiger partial charge in [-0.25, -0.2) is 0 Å². The van der Waals surface area contributed by atoms with Crippen molar-refractivity contribution in [2.75, 3.05) is 13.2 Å². The lowest BCUT2D eigenvalue weighted by atomic mass is 9.92. The number of benzene rings is 1. The molecule has 0 saturated carbocycles. The number of hydrogen-bond donors (Lipinski definition) is 0. The molecule has 98 valence electrons. The van der Waals surface area contributed by atoms with Gasteiger partial charge in [-0.3, -0.25) is 10.1 Å². The molecule has 1 aromatic carbocycles. The molecule has 0 N–H and O–H groups in total. The zero-order valence-corrected chi connectivity index (χ0v) is 11.6. The zero-order chi connectivity index (χ0) is 13.0. The van der Waals surface area contributed by atoms with Gasteiger partial charge in [-0.15, -0.1) is 0 Å². The van der Waals surface area contributed by atoms with Crippen molar-refractivity contribution in [3.05, 3.63) is 39.9 Å². The van der Waals surface area contributed by atoms with Crippen LogP contribution in [0.3, 0.4) is 0 Å². The van der Waals surface area contributed by atoms with Crippen molar-refractivity contribution in [2.45, 2.75) is 24.1 Å². The van der Waals surface area contributed by atoms with E-state index in [9.17, 15) is 10.1 Å². The van der Waals surface area contributed by atoms with Crippen LogP contribution in [0.5, 0.6) is 0 Å². The first-order valence-electron chi connectivity index (χ1n) is 6.12. The van der Waals surface area contributed by atoms with E-state index < -0.39 is 0 Å². The maximum atomic E-state index is 10.9. The van der Waals surface area contributed by atoms with Crippen LogP contribution in [0.2, 0.25) is 0 Å². The number of alkyl halides is 1. The number of halogens is 1. The van der Waals surface area contributed by atoms with E-state index in [-0.39, 0.29) is 15.4 Å². The Labute approximate surface area is 115 Å². The molecule has 1 unspecified atom stereocenters. The third-order valence-electron chi connectivity index (χ3n) is 3.38. The van der Waals surface area contributed by atoms with Crippen molar-refractivity contribution in [3.8, 4) is 0 Å². The van der Waals surface area contributed by atoms with E-state index in [1.807, 2.05) is 12.1 Å². The van der Waals surface area contributed by atoms with Crippen molar-refractivity contribution in [1.29, 1.82) is 0 Å². The van der Waals surface area contributed by atoms with Crippen LogP contribution in [0.25, 0.3) is 0 Å². The topological polar surface area (TPSA) is 52.4 Å². The second-order valence-electron chi connectivity index (χ2n) is 4.56. The molecule has 4 nitrogen and oxygen atoms in total. The normalized spacial score (nSPS) is 18.5. The first-order valence-corrected chi connectivity index (χ1v) is 7.04. The molecule has 1 heterocycles. The molecular weight excluding hydrogens is 298 g/mol. The Balaban J connectivity index is 2.06. The number of ether oxygens (including phenoxy) is 1. The molecule has 5 heteroatoms. The van der Waals surface area contributed by atoms with Crippen LogP contribution in [-0.4, -0.2) is 23.0 Å². The summed E-state index contributed by atoms with van der Waals surface area (Å²) < 4.78 is 5.33. The lowest BCUT2D eigenvalue weighted by Crippen LogP contribution is -2.25. The molecule has 0 aromatic heterocycles. The summed E-state index contributed by atoms with van der Waals surface area (Å²) >= 11 is 3.68. The van der Waals surface area contributed by atoms with Gasteiger partial charge in [-0.2, -0.15) is 0 Å².